The Bertz CT molecular complexity index is 483. The zero-order valence-corrected chi connectivity index (χ0v) is 9.03. The van der Waals surface area contributed by atoms with Crippen LogP contribution in [0.15, 0.2) is 30.6 Å². The van der Waals surface area contributed by atoms with Crippen LogP contribution < -0.4 is 5.32 Å². The van der Waals surface area contributed by atoms with Crippen molar-refractivity contribution >= 4 is 23.2 Å². The van der Waals surface area contributed by atoms with Gasteiger partial charge in [0.2, 0.25) is 5.91 Å². The van der Waals surface area contributed by atoms with Crippen molar-refractivity contribution in [2.75, 3.05) is 11.2 Å². The third-order valence-electron chi connectivity index (χ3n) is 1.99. The first-order chi connectivity index (χ1) is 7.81. The molecule has 0 saturated carbocycles. The molecular formula is C10H9ClN4O. The number of amides is 1. The molecule has 0 aliphatic rings. The highest BCUT2D eigenvalue weighted by Crippen LogP contribution is 2.23. The molecule has 2 rings (SSSR count). The van der Waals surface area contributed by atoms with Gasteiger partial charge in [-0.3, -0.25) is 9.89 Å². The molecule has 0 atom stereocenters. The monoisotopic (exact) mass is 236 g/mol. The van der Waals surface area contributed by atoms with Gasteiger partial charge in [0.15, 0.2) is 5.82 Å². The summed E-state index contributed by atoms with van der Waals surface area (Å²) in [5.41, 5.74) is 1.43. The second-order valence-corrected chi connectivity index (χ2v) is 3.33. The van der Waals surface area contributed by atoms with Crippen LogP contribution in [-0.4, -0.2) is 27.0 Å². The van der Waals surface area contributed by atoms with Crippen LogP contribution in [0.5, 0.6) is 0 Å². The molecule has 0 spiro atoms. The number of rotatable bonds is 3. The SMILES string of the molecule is O=C(CCl)Nc1ccccc1-c1ncn[nH]1. The number of hydrogen-bond acceptors (Lipinski definition) is 3. The maximum Gasteiger partial charge on any atom is 0.239 e. The van der Waals surface area contributed by atoms with E-state index in [1.54, 1.807) is 6.07 Å². The molecule has 5 nitrogen and oxygen atoms in total. The summed E-state index contributed by atoms with van der Waals surface area (Å²) in [6.07, 6.45) is 1.41. The van der Waals surface area contributed by atoms with E-state index in [1.165, 1.54) is 6.33 Å². The lowest BCUT2D eigenvalue weighted by Gasteiger charge is -2.07. The Kier molecular flexibility index (Phi) is 3.16. The minimum atomic E-state index is -0.256. The van der Waals surface area contributed by atoms with Crippen molar-refractivity contribution < 1.29 is 4.79 Å². The van der Waals surface area contributed by atoms with Gasteiger partial charge < -0.3 is 5.32 Å². The minimum absolute atomic E-state index is 0.0786. The van der Waals surface area contributed by atoms with Crippen molar-refractivity contribution in [1.82, 2.24) is 15.2 Å². The number of anilines is 1. The summed E-state index contributed by atoms with van der Waals surface area (Å²) in [6.45, 7) is 0. The molecule has 0 aliphatic carbocycles. The summed E-state index contributed by atoms with van der Waals surface area (Å²) in [6, 6.07) is 7.30. The molecule has 6 heteroatoms. The number of nitrogens with one attached hydrogen (secondary N) is 2. The zero-order valence-electron chi connectivity index (χ0n) is 8.27. The van der Waals surface area contributed by atoms with Crippen molar-refractivity contribution in [1.29, 1.82) is 0 Å². The summed E-state index contributed by atoms with van der Waals surface area (Å²) < 4.78 is 0. The van der Waals surface area contributed by atoms with Crippen LogP contribution in [0.2, 0.25) is 0 Å². The summed E-state index contributed by atoms with van der Waals surface area (Å²) in [5, 5.41) is 9.19. The molecule has 0 aliphatic heterocycles. The van der Waals surface area contributed by atoms with E-state index in [0.29, 0.717) is 11.5 Å². The predicted octanol–water partition coefficient (Wildman–Crippen LogP) is 1.65. The van der Waals surface area contributed by atoms with Crippen LogP contribution in [0.25, 0.3) is 11.4 Å². The van der Waals surface area contributed by atoms with E-state index < -0.39 is 0 Å². The van der Waals surface area contributed by atoms with Gasteiger partial charge in [-0.2, -0.15) is 5.10 Å². The van der Waals surface area contributed by atoms with Gasteiger partial charge in [0.25, 0.3) is 0 Å². The van der Waals surface area contributed by atoms with E-state index >= 15 is 0 Å². The normalized spacial score (nSPS) is 10.1. The van der Waals surface area contributed by atoms with Crippen molar-refractivity contribution in [3.63, 3.8) is 0 Å². The van der Waals surface area contributed by atoms with Crippen molar-refractivity contribution in [2.45, 2.75) is 0 Å². The molecule has 2 aromatic rings. The van der Waals surface area contributed by atoms with Gasteiger partial charge in [-0.1, -0.05) is 12.1 Å². The number of aromatic amines is 1. The first kappa shape index (κ1) is 10.6. The van der Waals surface area contributed by atoms with Crippen molar-refractivity contribution in [2.24, 2.45) is 0 Å². The predicted molar refractivity (Wildman–Crippen MR) is 61.2 cm³/mol. The third-order valence-corrected chi connectivity index (χ3v) is 2.24. The Hall–Kier alpha value is -1.88. The number of H-pyrrole nitrogens is 1. The van der Waals surface area contributed by atoms with E-state index in [2.05, 4.69) is 20.5 Å². The Labute approximate surface area is 96.8 Å². The van der Waals surface area contributed by atoms with Crippen LogP contribution in [0.3, 0.4) is 0 Å². The molecule has 2 N–H and O–H groups in total. The van der Waals surface area contributed by atoms with Crippen LogP contribution in [0, 0.1) is 0 Å². The molecule has 82 valence electrons. The first-order valence-corrected chi connectivity index (χ1v) is 5.15. The zero-order chi connectivity index (χ0) is 11.4. The van der Waals surface area contributed by atoms with Gasteiger partial charge in [-0.25, -0.2) is 4.98 Å². The van der Waals surface area contributed by atoms with Gasteiger partial charge in [0, 0.05) is 5.56 Å². The highest BCUT2D eigenvalue weighted by Gasteiger charge is 2.08. The smallest absolute Gasteiger partial charge is 0.239 e. The number of hydrogen-bond donors (Lipinski definition) is 2. The van der Waals surface area contributed by atoms with E-state index in [-0.39, 0.29) is 11.8 Å². The molecule has 16 heavy (non-hydrogen) atoms. The molecule has 0 unspecified atom stereocenters. The van der Waals surface area contributed by atoms with E-state index in [4.69, 9.17) is 11.6 Å². The summed E-state index contributed by atoms with van der Waals surface area (Å²) in [7, 11) is 0. The lowest BCUT2D eigenvalue weighted by molar-refractivity contribution is -0.113. The maximum atomic E-state index is 11.2. The number of benzene rings is 1. The lowest BCUT2D eigenvalue weighted by Crippen LogP contribution is -2.13. The van der Waals surface area contributed by atoms with Gasteiger partial charge >= 0.3 is 0 Å². The van der Waals surface area contributed by atoms with Crippen LogP contribution >= 0.6 is 11.6 Å². The molecule has 0 radical (unpaired) electrons. The van der Waals surface area contributed by atoms with Crippen molar-refractivity contribution in [3.8, 4) is 11.4 Å². The van der Waals surface area contributed by atoms with Crippen LogP contribution in [-0.2, 0) is 4.79 Å². The summed E-state index contributed by atoms with van der Waals surface area (Å²) in [4.78, 5) is 15.2. The Morgan fingerprint density at radius 1 is 1.44 bits per heavy atom. The van der Waals surface area contributed by atoms with Crippen molar-refractivity contribution in [3.05, 3.63) is 30.6 Å². The minimum Gasteiger partial charge on any atom is -0.324 e. The average Bonchev–Trinajstić information content (AvgIpc) is 2.83. The standard InChI is InChI=1S/C10H9ClN4O/c11-5-9(16)14-8-4-2-1-3-7(8)10-12-6-13-15-10/h1-4,6H,5H2,(H,14,16)(H,12,13,15). The van der Waals surface area contributed by atoms with Gasteiger partial charge in [0.1, 0.15) is 12.2 Å². The van der Waals surface area contributed by atoms with Gasteiger partial charge in [-0.15, -0.1) is 11.6 Å². The van der Waals surface area contributed by atoms with Crippen LogP contribution in [0.4, 0.5) is 5.69 Å². The fourth-order valence-electron chi connectivity index (χ4n) is 1.32. The van der Waals surface area contributed by atoms with Gasteiger partial charge in [0.05, 0.1) is 5.69 Å². The molecule has 1 amide bonds. The molecule has 0 fully saturated rings. The molecule has 0 bridgehead atoms. The highest BCUT2D eigenvalue weighted by molar-refractivity contribution is 6.29. The maximum absolute atomic E-state index is 11.2. The second kappa shape index (κ2) is 4.76. The Balaban J connectivity index is 2.35. The number of carbonyl (C=O) groups is 1. The molecule has 0 saturated heterocycles. The summed E-state index contributed by atoms with van der Waals surface area (Å²) in [5.74, 6) is 0.268. The van der Waals surface area contributed by atoms with E-state index in [9.17, 15) is 4.79 Å². The number of nitrogens with zero attached hydrogens (tertiary/aromatic N) is 2. The topological polar surface area (TPSA) is 70.7 Å². The Morgan fingerprint density at radius 2 is 2.25 bits per heavy atom. The number of carbonyl (C=O) groups excluding carboxylic acids is 1. The number of aromatic nitrogens is 3. The quantitative estimate of drug-likeness (QED) is 0.796. The fraction of sp³-hybridized carbons (Fsp3) is 0.100. The number of alkyl halides is 1. The first-order valence-electron chi connectivity index (χ1n) is 4.62. The molecular weight excluding hydrogens is 228 g/mol. The second-order valence-electron chi connectivity index (χ2n) is 3.06. The number of halogens is 1. The molecule has 1 aromatic heterocycles. The molecule has 1 aromatic carbocycles. The molecule has 1 heterocycles. The average molecular weight is 237 g/mol. The van der Waals surface area contributed by atoms with E-state index in [0.717, 1.165) is 5.56 Å². The largest absolute Gasteiger partial charge is 0.324 e. The number of para-hydroxylation sites is 1. The lowest BCUT2D eigenvalue weighted by atomic mass is 10.1. The fourth-order valence-corrected chi connectivity index (χ4v) is 1.38. The highest BCUT2D eigenvalue weighted by atomic mass is 35.5. The summed E-state index contributed by atoms with van der Waals surface area (Å²) >= 11 is 5.43. The third kappa shape index (κ3) is 2.20. The van der Waals surface area contributed by atoms with E-state index in [1.807, 2.05) is 18.2 Å². The van der Waals surface area contributed by atoms with Gasteiger partial charge in [-0.05, 0) is 12.1 Å². The Morgan fingerprint density at radius 3 is 2.94 bits per heavy atom. The van der Waals surface area contributed by atoms with Crippen LogP contribution in [0.1, 0.15) is 0 Å².